The Hall–Kier alpha value is -2.53. The molecule has 1 heterocycles. The summed E-state index contributed by atoms with van der Waals surface area (Å²) in [5.41, 5.74) is 0.302. The van der Waals surface area contributed by atoms with Gasteiger partial charge in [-0.05, 0) is 36.6 Å². The van der Waals surface area contributed by atoms with Gasteiger partial charge in [-0.1, -0.05) is 41.9 Å². The molecule has 5 nitrogen and oxygen atoms in total. The summed E-state index contributed by atoms with van der Waals surface area (Å²) >= 11 is 5.94. The topological polar surface area (TPSA) is 66.8 Å². The van der Waals surface area contributed by atoms with E-state index in [-0.39, 0.29) is 23.2 Å². The van der Waals surface area contributed by atoms with Crippen molar-refractivity contribution in [2.24, 2.45) is 0 Å². The largest absolute Gasteiger partial charge is 0.507 e. The highest BCUT2D eigenvalue weighted by molar-refractivity contribution is 6.31. The van der Waals surface area contributed by atoms with Gasteiger partial charge in [-0.25, -0.2) is 0 Å². The average molecular weight is 374 g/mol. The number of phenols is 1. The zero-order valence-electron chi connectivity index (χ0n) is 14.4. The summed E-state index contributed by atoms with van der Waals surface area (Å²) < 4.78 is 5.06. The first-order valence-corrected chi connectivity index (χ1v) is 8.77. The van der Waals surface area contributed by atoms with Gasteiger partial charge in [0.05, 0.1) is 18.1 Å². The van der Waals surface area contributed by atoms with E-state index < -0.39 is 5.41 Å². The number of nitrogens with zero attached hydrogens (tertiary/aromatic N) is 1. The van der Waals surface area contributed by atoms with Crippen molar-refractivity contribution >= 4 is 23.5 Å². The molecule has 0 spiro atoms. The molecule has 0 aliphatic carbocycles. The van der Waals surface area contributed by atoms with Gasteiger partial charge in [0.15, 0.2) is 0 Å². The number of rotatable bonds is 3. The van der Waals surface area contributed by atoms with Crippen LogP contribution in [0.1, 0.15) is 28.8 Å². The number of benzene rings is 2. The second-order valence-electron chi connectivity index (χ2n) is 6.39. The van der Waals surface area contributed by atoms with Crippen molar-refractivity contribution in [3.05, 3.63) is 64.7 Å². The smallest absolute Gasteiger partial charge is 0.316 e. The first kappa shape index (κ1) is 18.3. The molecule has 0 atom stereocenters. The Balaban J connectivity index is 1.83. The van der Waals surface area contributed by atoms with Crippen LogP contribution >= 0.6 is 11.6 Å². The summed E-state index contributed by atoms with van der Waals surface area (Å²) in [4.78, 5) is 26.9. The number of likely N-dealkylation sites (tertiary alicyclic amines) is 1. The molecule has 1 amide bonds. The van der Waals surface area contributed by atoms with Gasteiger partial charge in [0.1, 0.15) is 5.75 Å². The number of ether oxygens (including phenoxy) is 1. The van der Waals surface area contributed by atoms with E-state index in [1.54, 1.807) is 4.90 Å². The standard InChI is InChI=1S/C20H20ClNO4/c1-26-19(25)20(14-5-3-2-4-6-14)9-11-22(12-10-20)18(24)16-13-15(21)7-8-17(16)23/h2-8,13,23H,9-12H2,1H3. The number of hydrogen-bond donors (Lipinski definition) is 1. The minimum atomic E-state index is -0.761. The molecule has 0 radical (unpaired) electrons. The number of carbonyl (C=O) groups excluding carboxylic acids is 2. The molecule has 0 aromatic heterocycles. The van der Waals surface area contributed by atoms with Crippen molar-refractivity contribution in [3.63, 3.8) is 0 Å². The van der Waals surface area contributed by atoms with E-state index in [4.69, 9.17) is 16.3 Å². The van der Waals surface area contributed by atoms with Crippen molar-refractivity contribution < 1.29 is 19.4 Å². The minimum Gasteiger partial charge on any atom is -0.507 e. The number of methoxy groups -OCH3 is 1. The minimum absolute atomic E-state index is 0.104. The predicted octanol–water partition coefficient (Wildman–Crippen LogP) is 3.39. The van der Waals surface area contributed by atoms with Crippen LogP contribution < -0.4 is 0 Å². The van der Waals surface area contributed by atoms with Crippen molar-refractivity contribution in [2.75, 3.05) is 20.2 Å². The number of halogens is 1. The molecule has 26 heavy (non-hydrogen) atoms. The maximum absolute atomic E-state index is 12.8. The number of piperidine rings is 1. The number of carbonyl (C=O) groups is 2. The maximum Gasteiger partial charge on any atom is 0.316 e. The van der Waals surface area contributed by atoms with Gasteiger partial charge < -0.3 is 14.7 Å². The van der Waals surface area contributed by atoms with Crippen molar-refractivity contribution in [2.45, 2.75) is 18.3 Å². The fraction of sp³-hybridized carbons (Fsp3) is 0.300. The molecular formula is C20H20ClNO4. The molecule has 0 saturated carbocycles. The molecule has 0 unspecified atom stereocenters. The molecule has 1 aliphatic rings. The van der Waals surface area contributed by atoms with Crippen LogP contribution in [0.25, 0.3) is 0 Å². The van der Waals surface area contributed by atoms with Gasteiger partial charge in [-0.2, -0.15) is 0 Å². The molecule has 6 heteroatoms. The third kappa shape index (κ3) is 3.27. The lowest BCUT2D eigenvalue weighted by Crippen LogP contribution is -2.49. The van der Waals surface area contributed by atoms with Gasteiger partial charge >= 0.3 is 5.97 Å². The highest BCUT2D eigenvalue weighted by Gasteiger charge is 2.44. The predicted molar refractivity (Wildman–Crippen MR) is 98.4 cm³/mol. The normalized spacial score (nSPS) is 16.2. The summed E-state index contributed by atoms with van der Waals surface area (Å²) in [6.07, 6.45) is 0.910. The molecule has 136 valence electrons. The monoisotopic (exact) mass is 373 g/mol. The molecule has 1 fully saturated rings. The number of phenolic OH excluding ortho intramolecular Hbond substituents is 1. The molecule has 1 aliphatic heterocycles. The summed E-state index contributed by atoms with van der Waals surface area (Å²) in [7, 11) is 1.38. The van der Waals surface area contributed by atoms with E-state index in [1.165, 1.54) is 25.3 Å². The first-order chi connectivity index (χ1) is 12.5. The quantitative estimate of drug-likeness (QED) is 0.837. The molecule has 2 aromatic rings. The van der Waals surface area contributed by atoms with Crippen LogP contribution in [0.2, 0.25) is 5.02 Å². The van der Waals surface area contributed by atoms with Crippen LogP contribution in [0.5, 0.6) is 5.75 Å². The van der Waals surface area contributed by atoms with Gasteiger partial charge in [0.2, 0.25) is 0 Å². The number of aromatic hydroxyl groups is 1. The molecule has 2 aromatic carbocycles. The lowest BCUT2D eigenvalue weighted by Gasteiger charge is -2.40. The zero-order chi connectivity index (χ0) is 18.7. The van der Waals surface area contributed by atoms with Crippen LogP contribution in [-0.4, -0.2) is 42.1 Å². The lowest BCUT2D eigenvalue weighted by molar-refractivity contribution is -0.149. The van der Waals surface area contributed by atoms with Gasteiger partial charge in [-0.15, -0.1) is 0 Å². The Morgan fingerprint density at radius 1 is 1.12 bits per heavy atom. The summed E-state index contributed by atoms with van der Waals surface area (Å²) in [6.45, 7) is 0.767. The maximum atomic E-state index is 12.8. The van der Waals surface area contributed by atoms with Crippen LogP contribution in [-0.2, 0) is 14.9 Å². The average Bonchev–Trinajstić information content (AvgIpc) is 2.69. The summed E-state index contributed by atoms with van der Waals surface area (Å²) in [6, 6.07) is 13.9. The second-order valence-corrected chi connectivity index (χ2v) is 6.83. The Kier molecular flexibility index (Phi) is 5.18. The molecular weight excluding hydrogens is 354 g/mol. The van der Waals surface area contributed by atoms with E-state index in [9.17, 15) is 14.7 Å². The lowest BCUT2D eigenvalue weighted by atomic mass is 9.72. The highest BCUT2D eigenvalue weighted by atomic mass is 35.5. The van der Waals surface area contributed by atoms with Crippen molar-refractivity contribution in [1.82, 2.24) is 4.90 Å². The molecule has 0 bridgehead atoms. The van der Waals surface area contributed by atoms with Crippen molar-refractivity contribution in [1.29, 1.82) is 0 Å². The Morgan fingerprint density at radius 3 is 2.38 bits per heavy atom. The number of hydrogen-bond acceptors (Lipinski definition) is 4. The highest BCUT2D eigenvalue weighted by Crippen LogP contribution is 2.37. The van der Waals surface area contributed by atoms with Crippen LogP contribution in [0.4, 0.5) is 0 Å². The second kappa shape index (κ2) is 7.38. The number of amides is 1. The molecule has 1 saturated heterocycles. The van der Waals surface area contributed by atoms with Gasteiger partial charge in [0.25, 0.3) is 5.91 Å². The van der Waals surface area contributed by atoms with Crippen LogP contribution in [0.15, 0.2) is 48.5 Å². The Bertz CT molecular complexity index is 814. The third-order valence-electron chi connectivity index (χ3n) is 5.00. The number of esters is 1. The van der Waals surface area contributed by atoms with Gasteiger partial charge in [0, 0.05) is 18.1 Å². The Labute approximate surface area is 157 Å². The fourth-order valence-electron chi connectivity index (χ4n) is 3.50. The van der Waals surface area contributed by atoms with Gasteiger partial charge in [-0.3, -0.25) is 9.59 Å². The van der Waals surface area contributed by atoms with Crippen LogP contribution in [0.3, 0.4) is 0 Å². The van der Waals surface area contributed by atoms with E-state index >= 15 is 0 Å². The third-order valence-corrected chi connectivity index (χ3v) is 5.23. The van der Waals surface area contributed by atoms with E-state index in [2.05, 4.69) is 0 Å². The molecule has 3 rings (SSSR count). The van der Waals surface area contributed by atoms with Crippen LogP contribution in [0, 0.1) is 0 Å². The summed E-state index contributed by atoms with van der Waals surface area (Å²) in [5, 5.41) is 10.3. The fourth-order valence-corrected chi connectivity index (χ4v) is 3.68. The van der Waals surface area contributed by atoms with Crippen molar-refractivity contribution in [3.8, 4) is 5.75 Å². The first-order valence-electron chi connectivity index (χ1n) is 8.40. The van der Waals surface area contributed by atoms with E-state index in [0.29, 0.717) is 31.0 Å². The Morgan fingerprint density at radius 2 is 1.77 bits per heavy atom. The van der Waals surface area contributed by atoms with E-state index in [1.807, 2.05) is 30.3 Å². The molecule has 1 N–H and O–H groups in total. The van der Waals surface area contributed by atoms with E-state index in [0.717, 1.165) is 5.56 Å². The summed E-state index contributed by atoms with van der Waals surface area (Å²) in [5.74, 6) is -0.690. The zero-order valence-corrected chi connectivity index (χ0v) is 15.2. The SMILES string of the molecule is COC(=O)C1(c2ccccc2)CCN(C(=O)c2cc(Cl)ccc2O)CC1.